The molecule has 0 atom stereocenters. The van der Waals surface area contributed by atoms with Gasteiger partial charge in [-0.05, 0) is 51.8 Å². The SMILES string of the molecule is CC(C)(C)N=C1Nc2ncccc2NC12CCN(C(=O)c1ccoc1)CC2. The Hall–Kier alpha value is -2.83. The zero-order valence-electron chi connectivity index (χ0n) is 16.0. The van der Waals surface area contributed by atoms with Gasteiger partial charge in [0.15, 0.2) is 5.82 Å². The van der Waals surface area contributed by atoms with E-state index >= 15 is 0 Å². The monoisotopic (exact) mass is 367 g/mol. The minimum absolute atomic E-state index is 0.0127. The molecule has 1 spiro atoms. The summed E-state index contributed by atoms with van der Waals surface area (Å²) in [4.78, 5) is 23.9. The zero-order valence-corrected chi connectivity index (χ0v) is 16.0. The molecule has 7 heteroatoms. The van der Waals surface area contributed by atoms with Gasteiger partial charge in [-0.3, -0.25) is 9.79 Å². The molecule has 2 N–H and O–H groups in total. The molecule has 7 nitrogen and oxygen atoms in total. The van der Waals surface area contributed by atoms with Crippen molar-refractivity contribution in [3.63, 3.8) is 0 Å². The van der Waals surface area contributed by atoms with Crippen LogP contribution >= 0.6 is 0 Å². The summed E-state index contributed by atoms with van der Waals surface area (Å²) in [6.07, 6.45) is 6.34. The first kappa shape index (κ1) is 17.6. The lowest BCUT2D eigenvalue weighted by Crippen LogP contribution is -2.59. The molecule has 2 aliphatic rings. The Bertz CT molecular complexity index is 859. The molecule has 0 unspecified atom stereocenters. The molecule has 1 amide bonds. The van der Waals surface area contributed by atoms with E-state index in [1.807, 2.05) is 17.0 Å². The van der Waals surface area contributed by atoms with Gasteiger partial charge in [0.05, 0.1) is 28.6 Å². The molecule has 1 saturated heterocycles. The van der Waals surface area contributed by atoms with E-state index in [-0.39, 0.29) is 17.0 Å². The van der Waals surface area contributed by atoms with Gasteiger partial charge < -0.3 is 20.0 Å². The van der Waals surface area contributed by atoms with E-state index < -0.39 is 0 Å². The first-order valence-electron chi connectivity index (χ1n) is 9.28. The Morgan fingerprint density at radius 3 is 2.74 bits per heavy atom. The number of anilines is 2. The number of hydrogen-bond acceptors (Lipinski definition) is 5. The number of rotatable bonds is 1. The van der Waals surface area contributed by atoms with Crippen molar-refractivity contribution < 1.29 is 9.21 Å². The summed E-state index contributed by atoms with van der Waals surface area (Å²) in [7, 11) is 0. The largest absolute Gasteiger partial charge is 0.472 e. The van der Waals surface area contributed by atoms with E-state index in [0.29, 0.717) is 18.7 Å². The maximum absolute atomic E-state index is 12.6. The van der Waals surface area contributed by atoms with Crippen LogP contribution in [0.25, 0.3) is 0 Å². The highest BCUT2D eigenvalue weighted by Gasteiger charge is 2.44. The van der Waals surface area contributed by atoms with E-state index in [2.05, 4.69) is 36.4 Å². The van der Waals surface area contributed by atoms with Crippen LogP contribution in [0.2, 0.25) is 0 Å². The second-order valence-electron chi connectivity index (χ2n) is 8.17. The predicted octanol–water partition coefficient (Wildman–Crippen LogP) is 3.38. The van der Waals surface area contributed by atoms with Crippen LogP contribution < -0.4 is 10.6 Å². The summed E-state index contributed by atoms with van der Waals surface area (Å²) in [5.74, 6) is 1.71. The van der Waals surface area contributed by atoms with Gasteiger partial charge in [-0.25, -0.2) is 4.98 Å². The molecule has 0 bridgehead atoms. The normalized spacial score (nSPS) is 20.1. The minimum Gasteiger partial charge on any atom is -0.472 e. The van der Waals surface area contributed by atoms with E-state index in [9.17, 15) is 4.79 Å². The molecule has 4 heterocycles. The van der Waals surface area contributed by atoms with Gasteiger partial charge in [-0.2, -0.15) is 0 Å². The predicted molar refractivity (Wildman–Crippen MR) is 105 cm³/mol. The smallest absolute Gasteiger partial charge is 0.257 e. The molecular formula is C20H25N5O2. The molecule has 2 aromatic heterocycles. The molecule has 0 radical (unpaired) electrons. The van der Waals surface area contributed by atoms with Crippen LogP contribution in [0.4, 0.5) is 11.5 Å². The van der Waals surface area contributed by atoms with Gasteiger partial charge in [0.2, 0.25) is 0 Å². The molecular weight excluding hydrogens is 342 g/mol. The van der Waals surface area contributed by atoms with Crippen molar-refractivity contribution in [3.05, 3.63) is 42.5 Å². The lowest BCUT2D eigenvalue weighted by Gasteiger charge is -2.46. The Morgan fingerprint density at radius 2 is 2.07 bits per heavy atom. The van der Waals surface area contributed by atoms with Crippen LogP contribution in [0.15, 0.2) is 46.3 Å². The fraction of sp³-hybridized carbons (Fsp3) is 0.450. The molecule has 4 rings (SSSR count). The average Bonchev–Trinajstić information content (AvgIpc) is 3.16. The van der Waals surface area contributed by atoms with Gasteiger partial charge in [-0.15, -0.1) is 0 Å². The highest BCUT2D eigenvalue weighted by Crippen LogP contribution is 2.37. The first-order valence-corrected chi connectivity index (χ1v) is 9.28. The maximum atomic E-state index is 12.6. The quantitative estimate of drug-likeness (QED) is 0.807. The number of amidine groups is 1. The third-order valence-corrected chi connectivity index (χ3v) is 4.99. The third kappa shape index (κ3) is 3.41. The van der Waals surface area contributed by atoms with E-state index in [1.54, 1.807) is 12.3 Å². The second-order valence-corrected chi connectivity index (χ2v) is 8.17. The Balaban J connectivity index is 1.60. The summed E-state index contributed by atoms with van der Waals surface area (Å²) in [6, 6.07) is 5.65. The van der Waals surface area contributed by atoms with Crippen molar-refractivity contribution in [2.24, 2.45) is 4.99 Å². The van der Waals surface area contributed by atoms with Crippen molar-refractivity contribution in [3.8, 4) is 0 Å². The van der Waals surface area contributed by atoms with Crippen LogP contribution in [0.5, 0.6) is 0 Å². The van der Waals surface area contributed by atoms with Crippen LogP contribution in [0.3, 0.4) is 0 Å². The maximum Gasteiger partial charge on any atom is 0.257 e. The summed E-state index contributed by atoms with van der Waals surface area (Å²) in [6.45, 7) is 7.55. The fourth-order valence-electron chi connectivity index (χ4n) is 3.65. The van der Waals surface area contributed by atoms with Crippen molar-refractivity contribution in [2.45, 2.75) is 44.7 Å². The van der Waals surface area contributed by atoms with Gasteiger partial charge in [0.25, 0.3) is 5.91 Å². The van der Waals surface area contributed by atoms with Crippen molar-refractivity contribution in [1.29, 1.82) is 0 Å². The summed E-state index contributed by atoms with van der Waals surface area (Å²) >= 11 is 0. The van der Waals surface area contributed by atoms with E-state index in [0.717, 1.165) is 30.2 Å². The molecule has 2 aliphatic heterocycles. The fourth-order valence-corrected chi connectivity index (χ4v) is 3.65. The van der Waals surface area contributed by atoms with Crippen molar-refractivity contribution in [1.82, 2.24) is 9.88 Å². The number of carbonyl (C=O) groups is 1. The van der Waals surface area contributed by atoms with Gasteiger partial charge in [0.1, 0.15) is 12.1 Å². The highest BCUT2D eigenvalue weighted by atomic mass is 16.3. The lowest BCUT2D eigenvalue weighted by atomic mass is 9.83. The standard InChI is InChI=1S/C20H25N5O2/c1-19(2,3)24-18-20(23-15-5-4-9-21-16(15)22-18)7-10-25(11-8-20)17(26)14-6-12-27-13-14/h4-6,9,12-13,23H,7-8,10-11H2,1-3H3,(H,21,22,24). The van der Waals surface area contributed by atoms with Crippen LogP contribution in [-0.4, -0.2) is 45.8 Å². The molecule has 2 aromatic rings. The number of furan rings is 1. The summed E-state index contributed by atoms with van der Waals surface area (Å²) in [5, 5.41) is 7.11. The topological polar surface area (TPSA) is 82.8 Å². The van der Waals surface area contributed by atoms with E-state index in [4.69, 9.17) is 9.41 Å². The Labute approximate surface area is 158 Å². The van der Waals surface area contributed by atoms with Crippen molar-refractivity contribution >= 4 is 23.2 Å². The second kappa shape index (κ2) is 6.40. The highest BCUT2D eigenvalue weighted by molar-refractivity contribution is 6.09. The number of likely N-dealkylation sites (tertiary alicyclic amines) is 1. The number of pyridine rings is 1. The molecule has 0 aliphatic carbocycles. The zero-order chi connectivity index (χ0) is 19.1. The number of fused-ring (bicyclic) bond motifs is 1. The third-order valence-electron chi connectivity index (χ3n) is 4.99. The van der Waals surface area contributed by atoms with Gasteiger partial charge in [0, 0.05) is 19.3 Å². The number of amides is 1. The number of nitrogens with zero attached hydrogens (tertiary/aromatic N) is 3. The number of aliphatic imine (C=N–C) groups is 1. The molecule has 0 aromatic carbocycles. The average molecular weight is 367 g/mol. The molecule has 142 valence electrons. The Morgan fingerprint density at radius 1 is 1.30 bits per heavy atom. The summed E-state index contributed by atoms with van der Waals surface area (Å²) in [5.41, 5.74) is 1.03. The number of piperidine rings is 1. The number of hydrogen-bond donors (Lipinski definition) is 2. The van der Waals surface area contributed by atoms with E-state index in [1.165, 1.54) is 12.5 Å². The number of carbonyl (C=O) groups excluding carboxylic acids is 1. The Kier molecular flexibility index (Phi) is 4.17. The molecule has 27 heavy (non-hydrogen) atoms. The minimum atomic E-state index is -0.323. The number of aromatic nitrogens is 1. The molecule has 0 saturated carbocycles. The summed E-state index contributed by atoms with van der Waals surface area (Å²) < 4.78 is 5.05. The number of nitrogens with one attached hydrogen (secondary N) is 2. The lowest BCUT2D eigenvalue weighted by molar-refractivity contribution is 0.0704. The van der Waals surface area contributed by atoms with Gasteiger partial charge in [-0.1, -0.05) is 0 Å². The van der Waals surface area contributed by atoms with Crippen molar-refractivity contribution in [2.75, 3.05) is 23.7 Å². The molecule has 1 fully saturated rings. The first-order chi connectivity index (χ1) is 12.9. The van der Waals surface area contributed by atoms with Crippen LogP contribution in [0, 0.1) is 0 Å². The van der Waals surface area contributed by atoms with Crippen LogP contribution in [0.1, 0.15) is 44.0 Å². The van der Waals surface area contributed by atoms with Crippen LogP contribution in [-0.2, 0) is 0 Å². The van der Waals surface area contributed by atoms with Gasteiger partial charge >= 0.3 is 0 Å².